The lowest BCUT2D eigenvalue weighted by molar-refractivity contribution is 0.631. The van der Waals surface area contributed by atoms with Crippen LogP contribution >= 0.6 is 11.6 Å². The van der Waals surface area contributed by atoms with Crippen LogP contribution in [-0.2, 0) is 0 Å². The molecule has 0 aliphatic heterocycles. The summed E-state index contributed by atoms with van der Waals surface area (Å²) in [5, 5.41) is 3.26. The zero-order chi connectivity index (χ0) is 8.97. The van der Waals surface area contributed by atoms with Crippen LogP contribution in [0.2, 0.25) is 0 Å². The lowest BCUT2D eigenvalue weighted by Gasteiger charge is -2.04. The first kappa shape index (κ1) is 9.07. The minimum Gasteiger partial charge on any atom is -0.378 e. The minimum absolute atomic E-state index is 0.282. The van der Waals surface area contributed by atoms with Gasteiger partial charge in [0.15, 0.2) is 0 Å². The summed E-state index contributed by atoms with van der Waals surface area (Å²) in [6.45, 7) is 3.86. The van der Waals surface area contributed by atoms with Crippen molar-refractivity contribution < 1.29 is 4.39 Å². The maximum absolute atomic E-state index is 12.9. The smallest absolute Gasteiger partial charge is 0.146 e. The molecule has 0 amide bonds. The van der Waals surface area contributed by atoms with Crippen molar-refractivity contribution in [1.82, 2.24) is 0 Å². The number of anilines is 1. The van der Waals surface area contributed by atoms with Gasteiger partial charge in [-0.1, -0.05) is 30.3 Å². The molecule has 0 aliphatic carbocycles. The van der Waals surface area contributed by atoms with Gasteiger partial charge in [-0.15, -0.1) is 0 Å². The van der Waals surface area contributed by atoms with Gasteiger partial charge in [0.1, 0.15) is 5.82 Å². The molecular weight excluding hydrogens is 177 g/mol. The lowest BCUT2D eigenvalue weighted by atomic mass is 10.3. The summed E-state index contributed by atoms with van der Waals surface area (Å²) in [6, 6.07) is 6.42. The van der Waals surface area contributed by atoms with E-state index < -0.39 is 0 Å². The Balaban J connectivity index is 2.63. The van der Waals surface area contributed by atoms with Crippen molar-refractivity contribution in [2.75, 3.05) is 11.9 Å². The van der Waals surface area contributed by atoms with E-state index in [4.69, 9.17) is 11.6 Å². The molecule has 0 radical (unpaired) electrons. The highest BCUT2D eigenvalue weighted by atomic mass is 35.5. The molecular formula is C9H9ClFN. The second-order valence-electron chi connectivity index (χ2n) is 2.35. The molecule has 1 N–H and O–H groups in total. The van der Waals surface area contributed by atoms with Crippen LogP contribution in [0.5, 0.6) is 0 Å². The molecule has 0 fully saturated rings. The van der Waals surface area contributed by atoms with Gasteiger partial charge in [0.05, 0.1) is 12.2 Å². The summed E-state index contributed by atoms with van der Waals surface area (Å²) >= 11 is 5.50. The van der Waals surface area contributed by atoms with Crippen molar-refractivity contribution in [2.24, 2.45) is 0 Å². The summed E-state index contributed by atoms with van der Waals surface area (Å²) in [5.41, 5.74) is 0.444. The normalized spacial score (nSPS) is 9.50. The molecule has 1 rings (SSSR count). The van der Waals surface area contributed by atoms with E-state index in [0.717, 1.165) is 0 Å². The maximum Gasteiger partial charge on any atom is 0.146 e. The van der Waals surface area contributed by atoms with Crippen LogP contribution in [0.4, 0.5) is 10.1 Å². The zero-order valence-electron chi connectivity index (χ0n) is 6.48. The first-order chi connectivity index (χ1) is 5.70. The molecule has 1 aromatic carbocycles. The summed E-state index contributed by atoms with van der Waals surface area (Å²) < 4.78 is 12.9. The average Bonchev–Trinajstić information content (AvgIpc) is 2.03. The van der Waals surface area contributed by atoms with E-state index in [2.05, 4.69) is 11.9 Å². The van der Waals surface area contributed by atoms with Crippen LogP contribution in [0.15, 0.2) is 35.9 Å². The third-order valence-corrected chi connectivity index (χ3v) is 1.48. The van der Waals surface area contributed by atoms with E-state index in [1.807, 2.05) is 0 Å². The molecule has 0 aromatic heterocycles. The Morgan fingerprint density at radius 3 is 2.75 bits per heavy atom. The van der Waals surface area contributed by atoms with Gasteiger partial charge >= 0.3 is 0 Å². The number of benzene rings is 1. The predicted octanol–water partition coefficient (Wildman–Crippen LogP) is 2.99. The van der Waals surface area contributed by atoms with E-state index in [0.29, 0.717) is 17.3 Å². The Morgan fingerprint density at radius 1 is 1.50 bits per heavy atom. The zero-order valence-corrected chi connectivity index (χ0v) is 7.24. The Bertz CT molecular complexity index is 286. The second kappa shape index (κ2) is 4.12. The number of hydrogen-bond acceptors (Lipinski definition) is 1. The monoisotopic (exact) mass is 185 g/mol. The Morgan fingerprint density at radius 2 is 2.17 bits per heavy atom. The van der Waals surface area contributed by atoms with Crippen molar-refractivity contribution in [2.45, 2.75) is 0 Å². The van der Waals surface area contributed by atoms with Crippen LogP contribution < -0.4 is 5.32 Å². The molecule has 0 heterocycles. The first-order valence-corrected chi connectivity index (χ1v) is 3.89. The average molecular weight is 186 g/mol. The lowest BCUT2D eigenvalue weighted by Crippen LogP contribution is -2.02. The fourth-order valence-electron chi connectivity index (χ4n) is 0.796. The summed E-state index contributed by atoms with van der Waals surface area (Å²) in [4.78, 5) is 0. The number of para-hydroxylation sites is 1. The van der Waals surface area contributed by atoms with Crippen molar-refractivity contribution >= 4 is 17.3 Å². The van der Waals surface area contributed by atoms with Gasteiger partial charge in [-0.2, -0.15) is 0 Å². The van der Waals surface area contributed by atoms with Crippen molar-refractivity contribution in [3.63, 3.8) is 0 Å². The highest BCUT2D eigenvalue weighted by Crippen LogP contribution is 2.12. The number of hydrogen-bond donors (Lipinski definition) is 1. The second-order valence-corrected chi connectivity index (χ2v) is 2.89. The quantitative estimate of drug-likeness (QED) is 0.764. The fourth-order valence-corrected chi connectivity index (χ4v) is 0.863. The molecule has 0 saturated carbocycles. The molecule has 0 bridgehead atoms. The number of rotatable bonds is 3. The van der Waals surface area contributed by atoms with Gasteiger partial charge in [-0.25, -0.2) is 4.39 Å². The largest absolute Gasteiger partial charge is 0.378 e. The van der Waals surface area contributed by atoms with Crippen LogP contribution in [0.1, 0.15) is 0 Å². The van der Waals surface area contributed by atoms with Gasteiger partial charge in [-0.05, 0) is 12.1 Å². The van der Waals surface area contributed by atoms with Crippen molar-refractivity contribution in [1.29, 1.82) is 0 Å². The highest BCUT2D eigenvalue weighted by Gasteiger charge is 1.98. The Hall–Kier alpha value is -1.02. The standard InChI is InChI=1S/C9H9ClFN/c1-7(10)6-12-9-5-3-2-4-8(9)11/h2-5,12H,1,6H2. The first-order valence-electron chi connectivity index (χ1n) is 3.52. The van der Waals surface area contributed by atoms with Gasteiger partial charge in [0.2, 0.25) is 0 Å². The molecule has 0 unspecified atom stereocenters. The summed E-state index contributed by atoms with van der Waals surface area (Å²) in [5.74, 6) is -0.282. The van der Waals surface area contributed by atoms with Crippen LogP contribution in [-0.4, -0.2) is 6.54 Å². The van der Waals surface area contributed by atoms with Gasteiger partial charge in [-0.3, -0.25) is 0 Å². The van der Waals surface area contributed by atoms with E-state index in [1.54, 1.807) is 18.2 Å². The minimum atomic E-state index is -0.282. The number of halogens is 2. The number of nitrogens with one attached hydrogen (secondary N) is 1. The van der Waals surface area contributed by atoms with Crippen molar-refractivity contribution in [3.05, 3.63) is 41.7 Å². The van der Waals surface area contributed by atoms with Gasteiger partial charge in [0, 0.05) is 5.03 Å². The van der Waals surface area contributed by atoms with Crippen LogP contribution in [0.25, 0.3) is 0 Å². The molecule has 0 aliphatic rings. The molecule has 1 nitrogen and oxygen atoms in total. The SMILES string of the molecule is C=C(Cl)CNc1ccccc1F. The van der Waals surface area contributed by atoms with Crippen molar-refractivity contribution in [3.8, 4) is 0 Å². The molecule has 0 saturated heterocycles. The van der Waals surface area contributed by atoms with Gasteiger partial charge < -0.3 is 5.32 Å². The van der Waals surface area contributed by atoms with E-state index in [9.17, 15) is 4.39 Å². The van der Waals surface area contributed by atoms with E-state index in [1.165, 1.54) is 6.07 Å². The highest BCUT2D eigenvalue weighted by molar-refractivity contribution is 6.29. The molecule has 3 heteroatoms. The topological polar surface area (TPSA) is 12.0 Å². The Kier molecular flexibility index (Phi) is 3.11. The molecule has 0 atom stereocenters. The third-order valence-electron chi connectivity index (χ3n) is 1.34. The Labute approximate surface area is 75.9 Å². The summed E-state index contributed by atoms with van der Waals surface area (Å²) in [7, 11) is 0. The van der Waals surface area contributed by atoms with Crippen LogP contribution in [0.3, 0.4) is 0 Å². The third kappa shape index (κ3) is 2.55. The van der Waals surface area contributed by atoms with E-state index in [-0.39, 0.29) is 5.82 Å². The fraction of sp³-hybridized carbons (Fsp3) is 0.111. The molecule has 12 heavy (non-hydrogen) atoms. The van der Waals surface area contributed by atoms with E-state index >= 15 is 0 Å². The summed E-state index contributed by atoms with van der Waals surface area (Å²) in [6.07, 6.45) is 0. The van der Waals surface area contributed by atoms with Crippen LogP contribution in [0, 0.1) is 5.82 Å². The molecule has 1 aromatic rings. The molecule has 0 spiro atoms. The van der Waals surface area contributed by atoms with Gasteiger partial charge in [0.25, 0.3) is 0 Å². The molecule has 64 valence electrons. The predicted molar refractivity (Wildman–Crippen MR) is 49.9 cm³/mol. The maximum atomic E-state index is 12.9.